The van der Waals surface area contributed by atoms with Gasteiger partial charge >= 0.3 is 0 Å². The van der Waals surface area contributed by atoms with Crippen LogP contribution in [0.4, 0.5) is 5.82 Å². The number of nitrogens with zero attached hydrogens (tertiary/aromatic N) is 3. The van der Waals surface area contributed by atoms with Crippen LogP contribution in [-0.4, -0.2) is 27.0 Å². The highest BCUT2D eigenvalue weighted by atomic mass is 16.1. The first-order chi connectivity index (χ1) is 12.6. The third-order valence-electron chi connectivity index (χ3n) is 2.43. The number of nitrogens with two attached hydrogens (primary N) is 1. The van der Waals surface area contributed by atoms with E-state index < -0.39 is 0 Å². The van der Waals surface area contributed by atoms with Crippen LogP contribution >= 0.6 is 0 Å². The molecule has 0 aliphatic rings. The highest BCUT2D eigenvalue weighted by Crippen LogP contribution is 2.21. The summed E-state index contributed by atoms with van der Waals surface area (Å²) in [4.78, 5) is 18.8. The number of anilines is 1. The number of carbonyl (C=O) groups is 1. The number of nitrogen functional groups attached to an aromatic ring is 1. The number of nitrogens with one attached hydrogen (secondary N) is 1. The van der Waals surface area contributed by atoms with Crippen LogP contribution in [0.25, 0.3) is 11.0 Å². The normalized spacial score (nSPS) is 7.77. The van der Waals surface area contributed by atoms with Crippen LogP contribution in [-0.2, 0) is 11.8 Å². The van der Waals surface area contributed by atoms with Gasteiger partial charge in [0, 0.05) is 20.2 Å². The highest BCUT2D eigenvalue weighted by Gasteiger charge is 2.09. The fourth-order valence-electron chi connectivity index (χ4n) is 1.64. The second kappa shape index (κ2) is 18.8. The maximum Gasteiger partial charge on any atom is 0.217 e. The molecule has 1 amide bonds. The molecule has 2 heterocycles. The number of aromatic nitrogens is 3. The SMILES string of the molecule is CC.CC.CC.CC.CC(=O)NCC#Cc1cn(C)c2ncnc(N)c12. The number of aryl methyl sites for hydroxylation is 1. The van der Waals surface area contributed by atoms with Crippen molar-refractivity contribution in [2.75, 3.05) is 12.3 Å². The summed E-state index contributed by atoms with van der Waals surface area (Å²) in [5.74, 6) is 6.12. The molecule has 0 saturated carbocycles. The fourth-order valence-corrected chi connectivity index (χ4v) is 1.64. The molecule has 0 unspecified atom stereocenters. The summed E-state index contributed by atoms with van der Waals surface area (Å²) in [7, 11) is 1.87. The van der Waals surface area contributed by atoms with E-state index in [-0.39, 0.29) is 5.91 Å². The Morgan fingerprint density at radius 1 is 1.12 bits per heavy atom. The number of hydrogen-bond donors (Lipinski definition) is 2. The van der Waals surface area contributed by atoms with Gasteiger partial charge in [-0.2, -0.15) is 0 Å². The molecule has 0 bridgehead atoms. The summed E-state index contributed by atoms with van der Waals surface area (Å²) in [5, 5.41) is 3.35. The lowest BCUT2D eigenvalue weighted by Gasteiger charge is -1.96. The number of hydrogen-bond acceptors (Lipinski definition) is 4. The van der Waals surface area contributed by atoms with Crippen LogP contribution in [0.3, 0.4) is 0 Å². The zero-order chi connectivity index (χ0) is 21.1. The van der Waals surface area contributed by atoms with E-state index in [1.807, 2.05) is 73.2 Å². The monoisotopic (exact) mass is 363 g/mol. The zero-order valence-corrected chi connectivity index (χ0v) is 18.2. The maximum atomic E-state index is 10.7. The standard InChI is InChI=1S/C12H13N5O.4C2H6/c1-8(18)14-5-3-4-9-6-17(2)12-10(9)11(13)15-7-16-12;4*1-2/h6-7H,5H2,1-2H3,(H,14,18)(H2,13,15,16);4*1-2H3. The van der Waals surface area contributed by atoms with Crippen LogP contribution in [0.15, 0.2) is 12.5 Å². The molecule has 26 heavy (non-hydrogen) atoms. The Labute approximate surface area is 159 Å². The Morgan fingerprint density at radius 3 is 2.15 bits per heavy atom. The van der Waals surface area contributed by atoms with Crippen LogP contribution < -0.4 is 11.1 Å². The lowest BCUT2D eigenvalue weighted by atomic mass is 10.2. The molecule has 0 radical (unpaired) electrons. The van der Waals surface area contributed by atoms with Gasteiger partial charge in [-0.05, 0) is 0 Å². The molecular weight excluding hydrogens is 326 g/mol. The summed E-state index contributed by atoms with van der Waals surface area (Å²) in [6.07, 6.45) is 3.27. The van der Waals surface area contributed by atoms with E-state index in [1.54, 1.807) is 0 Å². The summed E-state index contributed by atoms with van der Waals surface area (Å²) >= 11 is 0. The number of amides is 1. The van der Waals surface area contributed by atoms with Gasteiger partial charge < -0.3 is 15.6 Å². The molecule has 0 fully saturated rings. The fraction of sp³-hybridized carbons (Fsp3) is 0.550. The lowest BCUT2D eigenvalue weighted by molar-refractivity contribution is -0.118. The molecule has 0 aromatic carbocycles. The van der Waals surface area contributed by atoms with Crippen molar-refractivity contribution in [2.45, 2.75) is 62.3 Å². The minimum Gasteiger partial charge on any atom is -0.383 e. The average Bonchev–Trinajstić information content (AvgIpc) is 3.02. The Kier molecular flexibility index (Phi) is 20.4. The minimum absolute atomic E-state index is 0.106. The third kappa shape index (κ3) is 9.67. The maximum absolute atomic E-state index is 10.7. The van der Waals surface area contributed by atoms with Crippen LogP contribution in [0.5, 0.6) is 0 Å². The molecule has 2 aromatic rings. The molecule has 3 N–H and O–H groups in total. The van der Waals surface area contributed by atoms with E-state index in [1.165, 1.54) is 13.3 Å². The average molecular weight is 364 g/mol. The molecule has 6 nitrogen and oxygen atoms in total. The lowest BCUT2D eigenvalue weighted by Crippen LogP contribution is -2.19. The van der Waals surface area contributed by atoms with Crippen molar-refractivity contribution in [3.63, 3.8) is 0 Å². The van der Waals surface area contributed by atoms with Crippen molar-refractivity contribution in [1.82, 2.24) is 19.9 Å². The van der Waals surface area contributed by atoms with E-state index in [9.17, 15) is 4.79 Å². The Morgan fingerprint density at radius 2 is 1.65 bits per heavy atom. The Bertz CT molecular complexity index is 666. The third-order valence-corrected chi connectivity index (χ3v) is 2.43. The Hall–Kier alpha value is -2.55. The van der Waals surface area contributed by atoms with Gasteiger partial charge in [0.15, 0.2) is 0 Å². The molecule has 0 aliphatic heterocycles. The van der Waals surface area contributed by atoms with Crippen molar-refractivity contribution in [2.24, 2.45) is 7.05 Å². The number of fused-ring (bicyclic) bond motifs is 1. The number of carbonyl (C=O) groups excluding carboxylic acids is 1. The quantitative estimate of drug-likeness (QED) is 0.746. The van der Waals surface area contributed by atoms with E-state index in [4.69, 9.17) is 5.73 Å². The summed E-state index contributed by atoms with van der Waals surface area (Å²) < 4.78 is 1.84. The van der Waals surface area contributed by atoms with Crippen LogP contribution in [0.1, 0.15) is 67.9 Å². The van der Waals surface area contributed by atoms with Gasteiger partial charge in [-0.1, -0.05) is 67.2 Å². The molecule has 0 saturated heterocycles. The summed E-state index contributed by atoms with van der Waals surface area (Å²) in [5.41, 5.74) is 7.32. The molecule has 0 spiro atoms. The first-order valence-electron chi connectivity index (χ1n) is 9.38. The van der Waals surface area contributed by atoms with Gasteiger partial charge in [-0.3, -0.25) is 4.79 Å². The predicted octanol–water partition coefficient (Wildman–Crippen LogP) is 4.14. The van der Waals surface area contributed by atoms with Crippen molar-refractivity contribution in [1.29, 1.82) is 0 Å². The van der Waals surface area contributed by atoms with Gasteiger partial charge in [0.25, 0.3) is 0 Å². The van der Waals surface area contributed by atoms with Crippen molar-refractivity contribution in [3.8, 4) is 11.8 Å². The van der Waals surface area contributed by atoms with Gasteiger partial charge in [0.2, 0.25) is 5.91 Å². The Balaban J connectivity index is -0.000000585. The molecule has 148 valence electrons. The molecule has 2 aromatic heterocycles. The second-order valence-electron chi connectivity index (χ2n) is 3.82. The van der Waals surface area contributed by atoms with Crippen LogP contribution in [0, 0.1) is 11.8 Å². The van der Waals surface area contributed by atoms with E-state index in [2.05, 4.69) is 27.1 Å². The van der Waals surface area contributed by atoms with Crippen molar-refractivity contribution >= 4 is 22.8 Å². The molecular formula is C20H37N5O. The zero-order valence-electron chi connectivity index (χ0n) is 18.2. The van der Waals surface area contributed by atoms with Gasteiger partial charge in [-0.15, -0.1) is 0 Å². The van der Waals surface area contributed by atoms with Gasteiger partial charge in [0.05, 0.1) is 17.5 Å². The van der Waals surface area contributed by atoms with Crippen molar-refractivity contribution in [3.05, 3.63) is 18.1 Å². The molecule has 0 aliphatic carbocycles. The molecule has 0 atom stereocenters. The molecule has 6 heteroatoms. The van der Waals surface area contributed by atoms with Gasteiger partial charge in [0.1, 0.15) is 17.8 Å². The van der Waals surface area contributed by atoms with Crippen molar-refractivity contribution < 1.29 is 4.79 Å². The van der Waals surface area contributed by atoms with Gasteiger partial charge in [-0.25, -0.2) is 9.97 Å². The number of rotatable bonds is 1. The minimum atomic E-state index is -0.106. The first kappa shape index (κ1) is 28.3. The van der Waals surface area contributed by atoms with Crippen LogP contribution in [0.2, 0.25) is 0 Å². The topological polar surface area (TPSA) is 85.8 Å². The van der Waals surface area contributed by atoms with E-state index in [0.717, 1.165) is 16.6 Å². The summed E-state index contributed by atoms with van der Waals surface area (Å²) in [6, 6.07) is 0. The summed E-state index contributed by atoms with van der Waals surface area (Å²) in [6.45, 7) is 17.8. The second-order valence-corrected chi connectivity index (χ2v) is 3.82. The largest absolute Gasteiger partial charge is 0.383 e. The van der Waals surface area contributed by atoms with E-state index in [0.29, 0.717) is 12.4 Å². The van der Waals surface area contributed by atoms with E-state index >= 15 is 0 Å². The first-order valence-corrected chi connectivity index (χ1v) is 9.38. The molecule has 2 rings (SSSR count). The highest BCUT2D eigenvalue weighted by molar-refractivity contribution is 5.92. The predicted molar refractivity (Wildman–Crippen MR) is 114 cm³/mol. The smallest absolute Gasteiger partial charge is 0.217 e.